The van der Waals surface area contributed by atoms with Gasteiger partial charge < -0.3 is 10.6 Å². The number of hydrogen-bond acceptors (Lipinski definition) is 1. The number of urea groups is 1. The standard InChI is InChI=1S/C12H24N2O/c1-7-10(3)14-11(15)13-8-9(2)12(4,5)6/h8,10H,7H2,1-6H3,(H2,13,14,15)/b9-8+. The average molecular weight is 212 g/mol. The minimum absolute atomic E-state index is 0.101. The second kappa shape index (κ2) is 5.79. The van der Waals surface area contributed by atoms with Crippen molar-refractivity contribution in [1.82, 2.24) is 10.6 Å². The van der Waals surface area contributed by atoms with E-state index in [1.807, 2.05) is 20.8 Å². The molecule has 1 unspecified atom stereocenters. The zero-order valence-corrected chi connectivity index (χ0v) is 10.8. The van der Waals surface area contributed by atoms with Gasteiger partial charge in [0.1, 0.15) is 0 Å². The van der Waals surface area contributed by atoms with Crippen LogP contribution in [-0.2, 0) is 0 Å². The molecule has 0 heterocycles. The molecule has 2 amide bonds. The van der Waals surface area contributed by atoms with Crippen molar-refractivity contribution < 1.29 is 4.79 Å². The van der Waals surface area contributed by atoms with Gasteiger partial charge in [0.15, 0.2) is 0 Å². The third-order valence-electron chi connectivity index (χ3n) is 2.59. The van der Waals surface area contributed by atoms with Crippen LogP contribution in [0, 0.1) is 5.41 Å². The van der Waals surface area contributed by atoms with E-state index < -0.39 is 0 Å². The second-order valence-corrected chi connectivity index (χ2v) is 5.00. The molecule has 0 aliphatic carbocycles. The molecular formula is C12H24N2O. The Morgan fingerprint density at radius 3 is 2.33 bits per heavy atom. The maximum atomic E-state index is 11.4. The Balaban J connectivity index is 4.10. The zero-order chi connectivity index (χ0) is 12.1. The van der Waals surface area contributed by atoms with Crippen LogP contribution in [0.25, 0.3) is 0 Å². The Bertz CT molecular complexity index is 238. The lowest BCUT2D eigenvalue weighted by molar-refractivity contribution is 0.240. The second-order valence-electron chi connectivity index (χ2n) is 5.00. The van der Waals surface area contributed by atoms with E-state index in [1.165, 1.54) is 0 Å². The predicted octanol–water partition coefficient (Wildman–Crippen LogP) is 3.03. The average Bonchev–Trinajstić information content (AvgIpc) is 2.12. The van der Waals surface area contributed by atoms with Crippen molar-refractivity contribution in [3.05, 3.63) is 11.8 Å². The van der Waals surface area contributed by atoms with Gasteiger partial charge in [-0.2, -0.15) is 0 Å². The normalized spacial score (nSPS) is 14.7. The molecule has 0 radical (unpaired) electrons. The molecule has 3 nitrogen and oxygen atoms in total. The third-order valence-corrected chi connectivity index (χ3v) is 2.59. The van der Waals surface area contributed by atoms with Gasteiger partial charge in [-0.1, -0.05) is 33.3 Å². The van der Waals surface area contributed by atoms with Crippen molar-refractivity contribution in [2.24, 2.45) is 5.41 Å². The highest BCUT2D eigenvalue weighted by atomic mass is 16.2. The lowest BCUT2D eigenvalue weighted by Gasteiger charge is -2.19. The van der Waals surface area contributed by atoms with Crippen LogP contribution < -0.4 is 10.6 Å². The molecule has 2 N–H and O–H groups in total. The quantitative estimate of drug-likeness (QED) is 0.741. The zero-order valence-electron chi connectivity index (χ0n) is 10.8. The van der Waals surface area contributed by atoms with Crippen LogP contribution in [0.3, 0.4) is 0 Å². The van der Waals surface area contributed by atoms with Crippen LogP contribution in [0.2, 0.25) is 0 Å². The van der Waals surface area contributed by atoms with Crippen molar-refractivity contribution in [3.63, 3.8) is 0 Å². The van der Waals surface area contributed by atoms with Crippen molar-refractivity contribution in [2.75, 3.05) is 0 Å². The van der Waals surface area contributed by atoms with Crippen molar-refractivity contribution >= 4 is 6.03 Å². The van der Waals surface area contributed by atoms with Crippen molar-refractivity contribution in [2.45, 2.75) is 54.0 Å². The number of nitrogens with one attached hydrogen (secondary N) is 2. The minimum atomic E-state index is -0.132. The summed E-state index contributed by atoms with van der Waals surface area (Å²) in [7, 11) is 0. The Kier molecular flexibility index (Phi) is 5.40. The molecule has 0 fully saturated rings. The van der Waals surface area contributed by atoms with E-state index in [-0.39, 0.29) is 17.5 Å². The van der Waals surface area contributed by atoms with Gasteiger partial charge in [0.05, 0.1) is 0 Å². The lowest BCUT2D eigenvalue weighted by Crippen LogP contribution is -2.38. The van der Waals surface area contributed by atoms with Gasteiger partial charge >= 0.3 is 6.03 Å². The molecule has 15 heavy (non-hydrogen) atoms. The molecular weight excluding hydrogens is 188 g/mol. The lowest BCUT2D eigenvalue weighted by atomic mass is 9.88. The molecule has 0 aromatic carbocycles. The maximum Gasteiger partial charge on any atom is 0.318 e. The van der Waals surface area contributed by atoms with Crippen LogP contribution >= 0.6 is 0 Å². The number of carbonyl (C=O) groups excluding carboxylic acids is 1. The molecule has 1 atom stereocenters. The van der Waals surface area contributed by atoms with Gasteiger partial charge in [-0.3, -0.25) is 0 Å². The van der Waals surface area contributed by atoms with Gasteiger partial charge in [0.2, 0.25) is 0 Å². The molecule has 0 saturated heterocycles. The van der Waals surface area contributed by atoms with Crippen LogP contribution in [0.15, 0.2) is 11.8 Å². The van der Waals surface area contributed by atoms with Gasteiger partial charge in [0.25, 0.3) is 0 Å². The van der Waals surface area contributed by atoms with Crippen LogP contribution in [0.5, 0.6) is 0 Å². The summed E-state index contributed by atoms with van der Waals surface area (Å²) < 4.78 is 0. The van der Waals surface area contributed by atoms with Crippen LogP contribution in [0.1, 0.15) is 48.0 Å². The van der Waals surface area contributed by atoms with Crippen molar-refractivity contribution in [1.29, 1.82) is 0 Å². The number of carbonyl (C=O) groups is 1. The summed E-state index contributed by atoms with van der Waals surface area (Å²) in [6.45, 7) is 12.4. The highest BCUT2D eigenvalue weighted by molar-refractivity contribution is 5.75. The first-order chi connectivity index (χ1) is 6.77. The smallest absolute Gasteiger partial charge is 0.318 e. The highest BCUT2D eigenvalue weighted by Gasteiger charge is 2.12. The van der Waals surface area contributed by atoms with Gasteiger partial charge in [-0.15, -0.1) is 0 Å². The Morgan fingerprint density at radius 2 is 1.93 bits per heavy atom. The molecule has 0 spiro atoms. The fraction of sp³-hybridized carbons (Fsp3) is 0.750. The molecule has 0 rings (SSSR count). The highest BCUT2D eigenvalue weighted by Crippen LogP contribution is 2.23. The summed E-state index contributed by atoms with van der Waals surface area (Å²) in [6.07, 6.45) is 2.72. The van der Waals surface area contributed by atoms with Gasteiger partial charge in [-0.25, -0.2) is 4.79 Å². The van der Waals surface area contributed by atoms with Gasteiger partial charge in [-0.05, 0) is 25.7 Å². The maximum absolute atomic E-state index is 11.4. The first-order valence-corrected chi connectivity index (χ1v) is 5.51. The van der Waals surface area contributed by atoms with Crippen molar-refractivity contribution in [3.8, 4) is 0 Å². The molecule has 88 valence electrons. The summed E-state index contributed by atoms with van der Waals surface area (Å²) in [4.78, 5) is 11.4. The summed E-state index contributed by atoms with van der Waals surface area (Å²) in [6, 6.07) is 0.0845. The Hall–Kier alpha value is -0.990. The minimum Gasteiger partial charge on any atom is -0.335 e. The summed E-state index contributed by atoms with van der Waals surface area (Å²) in [5.74, 6) is 0. The van der Waals surface area contributed by atoms with E-state index in [2.05, 4.69) is 31.4 Å². The third kappa shape index (κ3) is 6.15. The fourth-order valence-corrected chi connectivity index (χ4v) is 0.758. The van der Waals surface area contributed by atoms with E-state index in [0.717, 1.165) is 12.0 Å². The molecule has 0 aliphatic rings. The molecule has 0 aromatic rings. The predicted molar refractivity (Wildman–Crippen MR) is 64.6 cm³/mol. The van der Waals surface area contributed by atoms with E-state index in [0.29, 0.717) is 0 Å². The molecule has 0 bridgehead atoms. The molecule has 3 heteroatoms. The number of hydrogen-bond donors (Lipinski definition) is 2. The number of rotatable bonds is 3. The van der Waals surface area contributed by atoms with Crippen LogP contribution in [-0.4, -0.2) is 12.1 Å². The topological polar surface area (TPSA) is 41.1 Å². The van der Waals surface area contributed by atoms with Gasteiger partial charge in [0, 0.05) is 12.2 Å². The van der Waals surface area contributed by atoms with E-state index in [1.54, 1.807) is 6.20 Å². The van der Waals surface area contributed by atoms with Crippen LogP contribution in [0.4, 0.5) is 4.79 Å². The Labute approximate surface area is 93.3 Å². The van der Waals surface area contributed by atoms with E-state index in [9.17, 15) is 4.79 Å². The summed E-state index contributed by atoms with van der Waals surface area (Å²) in [5.41, 5.74) is 1.26. The summed E-state index contributed by atoms with van der Waals surface area (Å²) in [5, 5.41) is 5.58. The largest absolute Gasteiger partial charge is 0.335 e. The molecule has 0 saturated carbocycles. The Morgan fingerprint density at radius 1 is 1.40 bits per heavy atom. The van der Waals surface area contributed by atoms with E-state index in [4.69, 9.17) is 0 Å². The fourth-order valence-electron chi connectivity index (χ4n) is 0.758. The monoisotopic (exact) mass is 212 g/mol. The molecule has 0 aromatic heterocycles. The number of amides is 2. The first-order valence-electron chi connectivity index (χ1n) is 5.51. The SMILES string of the molecule is CCC(C)NC(=O)N/C=C(\C)C(C)(C)C. The summed E-state index contributed by atoms with van der Waals surface area (Å²) >= 11 is 0. The first kappa shape index (κ1) is 14.0. The number of allylic oxidation sites excluding steroid dienone is 1. The molecule has 0 aliphatic heterocycles. The van der Waals surface area contributed by atoms with E-state index >= 15 is 0 Å².